The fourth-order valence-corrected chi connectivity index (χ4v) is 1.09. The average molecular weight is 220 g/mol. The van der Waals surface area contributed by atoms with E-state index in [1.165, 1.54) is 32.1 Å². The van der Waals surface area contributed by atoms with Crippen LogP contribution in [0.25, 0.3) is 0 Å². The van der Waals surface area contributed by atoms with Gasteiger partial charge >= 0.3 is 0 Å². The molecule has 0 heterocycles. The molecule has 16 heavy (non-hydrogen) atoms. The Morgan fingerprint density at radius 1 is 0.812 bits per heavy atom. The SMILES string of the molecule is C=CC=CCCCC.C=CCCCCC=C. The normalized spacial score (nSPS) is 9.31. The van der Waals surface area contributed by atoms with Crippen LogP contribution in [0.1, 0.15) is 51.9 Å². The van der Waals surface area contributed by atoms with Gasteiger partial charge in [-0.25, -0.2) is 0 Å². The molecule has 0 fully saturated rings. The van der Waals surface area contributed by atoms with Gasteiger partial charge < -0.3 is 0 Å². The van der Waals surface area contributed by atoms with E-state index in [9.17, 15) is 0 Å². The summed E-state index contributed by atoms with van der Waals surface area (Å²) in [5.74, 6) is 0. The Hall–Kier alpha value is -1.04. The molecule has 0 atom stereocenters. The maximum Gasteiger partial charge on any atom is -0.0348 e. The topological polar surface area (TPSA) is 0 Å². The smallest absolute Gasteiger partial charge is 0.0348 e. The van der Waals surface area contributed by atoms with Crippen molar-refractivity contribution in [3.8, 4) is 0 Å². The minimum Gasteiger partial charge on any atom is -0.103 e. The average Bonchev–Trinajstić information content (AvgIpc) is 2.31. The molecule has 0 rings (SSSR count). The number of hydrogen-bond donors (Lipinski definition) is 0. The van der Waals surface area contributed by atoms with Crippen molar-refractivity contribution in [1.29, 1.82) is 0 Å². The van der Waals surface area contributed by atoms with Crippen LogP contribution in [-0.2, 0) is 0 Å². The molecule has 0 unspecified atom stereocenters. The maximum absolute atomic E-state index is 3.63. The van der Waals surface area contributed by atoms with Gasteiger partial charge in [-0.1, -0.05) is 56.7 Å². The largest absolute Gasteiger partial charge is 0.103 e. The van der Waals surface area contributed by atoms with E-state index in [1.54, 1.807) is 0 Å². The van der Waals surface area contributed by atoms with Gasteiger partial charge in [0.25, 0.3) is 0 Å². The van der Waals surface area contributed by atoms with Crippen LogP contribution in [-0.4, -0.2) is 0 Å². The standard InChI is InChI=1S/2C8H14/c2*1-3-5-7-8-6-4-2/h3,5,7H,1,4,6,8H2,2H3;3-4H,1-2,5-8H2. The molecular weight excluding hydrogens is 192 g/mol. The molecule has 0 radical (unpaired) electrons. The fourth-order valence-electron chi connectivity index (χ4n) is 1.09. The molecule has 0 N–H and O–H groups in total. The van der Waals surface area contributed by atoms with Gasteiger partial charge in [-0.15, -0.1) is 13.2 Å². The van der Waals surface area contributed by atoms with E-state index in [0.717, 1.165) is 12.8 Å². The summed E-state index contributed by atoms with van der Waals surface area (Å²) in [5.41, 5.74) is 0. The first-order valence-electron chi connectivity index (χ1n) is 6.32. The third-order valence-electron chi connectivity index (χ3n) is 2.06. The summed E-state index contributed by atoms with van der Waals surface area (Å²) in [6.07, 6.45) is 18.5. The Bertz CT molecular complexity index is 164. The molecule has 0 amide bonds. The van der Waals surface area contributed by atoms with Crippen LogP contribution in [0.15, 0.2) is 50.1 Å². The lowest BCUT2D eigenvalue weighted by Gasteiger charge is -1.89. The molecule has 0 aromatic heterocycles. The molecule has 0 bridgehead atoms. The summed E-state index contributed by atoms with van der Waals surface area (Å²) in [4.78, 5) is 0. The van der Waals surface area contributed by atoms with E-state index in [1.807, 2.05) is 24.3 Å². The molecule has 0 saturated carbocycles. The van der Waals surface area contributed by atoms with Gasteiger partial charge in [0.15, 0.2) is 0 Å². The van der Waals surface area contributed by atoms with Crippen LogP contribution in [0.2, 0.25) is 0 Å². The van der Waals surface area contributed by atoms with Gasteiger partial charge in [0.05, 0.1) is 0 Å². The molecule has 0 aromatic rings. The zero-order valence-corrected chi connectivity index (χ0v) is 11.0. The van der Waals surface area contributed by atoms with E-state index in [0.29, 0.717) is 0 Å². The summed E-state index contributed by atoms with van der Waals surface area (Å²) < 4.78 is 0. The van der Waals surface area contributed by atoms with Gasteiger partial charge in [0, 0.05) is 0 Å². The predicted molar refractivity (Wildman–Crippen MR) is 77.7 cm³/mol. The summed E-state index contributed by atoms with van der Waals surface area (Å²) >= 11 is 0. The van der Waals surface area contributed by atoms with Crippen LogP contribution in [0.4, 0.5) is 0 Å². The van der Waals surface area contributed by atoms with E-state index in [4.69, 9.17) is 0 Å². The highest BCUT2D eigenvalue weighted by molar-refractivity contribution is 4.96. The third-order valence-corrected chi connectivity index (χ3v) is 2.06. The van der Waals surface area contributed by atoms with Crippen molar-refractivity contribution in [1.82, 2.24) is 0 Å². The zero-order valence-electron chi connectivity index (χ0n) is 11.0. The zero-order chi connectivity index (χ0) is 12.5. The number of allylic oxidation sites excluding steroid dienone is 5. The Morgan fingerprint density at radius 2 is 1.38 bits per heavy atom. The lowest BCUT2D eigenvalue weighted by molar-refractivity contribution is 0.764. The van der Waals surface area contributed by atoms with E-state index in [2.05, 4.69) is 32.7 Å². The van der Waals surface area contributed by atoms with Gasteiger partial charge in [-0.3, -0.25) is 0 Å². The molecule has 92 valence electrons. The minimum atomic E-state index is 1.15. The monoisotopic (exact) mass is 220 g/mol. The Balaban J connectivity index is 0. The first kappa shape index (κ1) is 17.4. The van der Waals surface area contributed by atoms with Crippen LogP contribution in [0, 0.1) is 0 Å². The second-order valence-corrected chi connectivity index (χ2v) is 3.67. The second kappa shape index (κ2) is 19.5. The third kappa shape index (κ3) is 23.1. The van der Waals surface area contributed by atoms with E-state index in [-0.39, 0.29) is 0 Å². The van der Waals surface area contributed by atoms with Crippen molar-refractivity contribution in [3.05, 3.63) is 50.1 Å². The molecule has 0 aromatic carbocycles. The number of hydrogen-bond acceptors (Lipinski definition) is 0. The van der Waals surface area contributed by atoms with Crippen LogP contribution >= 0.6 is 0 Å². The fraction of sp³-hybridized carbons (Fsp3) is 0.500. The van der Waals surface area contributed by atoms with Crippen LogP contribution in [0.5, 0.6) is 0 Å². The van der Waals surface area contributed by atoms with Crippen molar-refractivity contribution in [2.24, 2.45) is 0 Å². The van der Waals surface area contributed by atoms with Crippen molar-refractivity contribution in [3.63, 3.8) is 0 Å². The maximum atomic E-state index is 3.63. The molecule has 0 spiro atoms. The van der Waals surface area contributed by atoms with E-state index < -0.39 is 0 Å². The molecule has 0 aliphatic rings. The first-order valence-corrected chi connectivity index (χ1v) is 6.32. The van der Waals surface area contributed by atoms with Crippen molar-refractivity contribution < 1.29 is 0 Å². The van der Waals surface area contributed by atoms with Crippen molar-refractivity contribution in [2.75, 3.05) is 0 Å². The number of unbranched alkanes of at least 4 members (excludes halogenated alkanes) is 5. The van der Waals surface area contributed by atoms with Gasteiger partial charge in [0.1, 0.15) is 0 Å². The lowest BCUT2D eigenvalue weighted by atomic mass is 10.2. The van der Waals surface area contributed by atoms with Crippen LogP contribution in [0.3, 0.4) is 0 Å². The summed E-state index contributed by atoms with van der Waals surface area (Å²) in [6, 6.07) is 0. The quantitative estimate of drug-likeness (QED) is 0.260. The van der Waals surface area contributed by atoms with Crippen LogP contribution < -0.4 is 0 Å². The molecule has 0 aliphatic heterocycles. The molecule has 0 saturated heterocycles. The first-order chi connectivity index (χ1) is 7.83. The predicted octanol–water partition coefficient (Wildman–Crippen LogP) is 5.84. The van der Waals surface area contributed by atoms with Gasteiger partial charge in [-0.2, -0.15) is 0 Å². The summed E-state index contributed by atoms with van der Waals surface area (Å²) in [6.45, 7) is 13.0. The molecule has 0 heteroatoms. The van der Waals surface area contributed by atoms with Gasteiger partial charge in [-0.05, 0) is 32.1 Å². The second-order valence-electron chi connectivity index (χ2n) is 3.67. The minimum absolute atomic E-state index is 1.15. The Morgan fingerprint density at radius 3 is 1.75 bits per heavy atom. The highest BCUT2D eigenvalue weighted by Gasteiger charge is 1.79. The lowest BCUT2D eigenvalue weighted by Crippen LogP contribution is -1.69. The highest BCUT2D eigenvalue weighted by atomic mass is 13.9. The highest BCUT2D eigenvalue weighted by Crippen LogP contribution is 1.99. The van der Waals surface area contributed by atoms with Crippen molar-refractivity contribution in [2.45, 2.75) is 51.9 Å². The Labute approximate surface area is 102 Å². The van der Waals surface area contributed by atoms with E-state index >= 15 is 0 Å². The van der Waals surface area contributed by atoms with Crippen molar-refractivity contribution >= 4 is 0 Å². The Kier molecular flexibility index (Phi) is 21.2. The van der Waals surface area contributed by atoms with Gasteiger partial charge in [0.2, 0.25) is 0 Å². The molecule has 0 aliphatic carbocycles. The summed E-state index contributed by atoms with van der Waals surface area (Å²) in [5, 5.41) is 0. The number of rotatable bonds is 9. The molecular formula is C16H28. The summed E-state index contributed by atoms with van der Waals surface area (Å²) in [7, 11) is 0. The molecule has 0 nitrogen and oxygen atoms in total.